The molecule has 0 saturated carbocycles. The Bertz CT molecular complexity index is 726. The van der Waals surface area contributed by atoms with E-state index >= 15 is 0 Å². The Kier molecular flexibility index (Phi) is 4.73. The van der Waals surface area contributed by atoms with Crippen molar-refractivity contribution in [1.29, 1.82) is 0 Å². The van der Waals surface area contributed by atoms with E-state index in [4.69, 9.17) is 9.15 Å². The van der Waals surface area contributed by atoms with Gasteiger partial charge >= 0.3 is 6.03 Å². The molecule has 7 heteroatoms. The number of anilines is 1. The van der Waals surface area contributed by atoms with E-state index in [1.165, 1.54) is 0 Å². The third-order valence-corrected chi connectivity index (χ3v) is 4.24. The van der Waals surface area contributed by atoms with Crippen LogP contribution in [0, 0.1) is 6.92 Å². The van der Waals surface area contributed by atoms with Crippen molar-refractivity contribution in [2.24, 2.45) is 0 Å². The molecule has 1 aromatic carbocycles. The third kappa shape index (κ3) is 3.85. The van der Waals surface area contributed by atoms with E-state index in [9.17, 15) is 4.79 Å². The Hall–Kier alpha value is -2.12. The van der Waals surface area contributed by atoms with Crippen LogP contribution in [0.2, 0.25) is 0 Å². The predicted molar refractivity (Wildman–Crippen MR) is 92.2 cm³/mol. The summed E-state index contributed by atoms with van der Waals surface area (Å²) in [4.78, 5) is 18.6. The van der Waals surface area contributed by atoms with Gasteiger partial charge in [0.15, 0.2) is 11.5 Å². The second kappa shape index (κ2) is 6.78. The lowest BCUT2D eigenvalue weighted by atomic mass is 10.0. The molecule has 0 unspecified atom stereocenters. The fourth-order valence-electron chi connectivity index (χ4n) is 2.91. The standard InChI is InChI=1S/C17H24N4O3/c1-12-19-14-10-13(4-5-15(14)24-12)20-16(22)18-6-7-21-8-9-23-11-17(21,2)3/h4-5,10H,6-9,11H2,1-3H3,(H2,18,20,22). The van der Waals surface area contributed by atoms with Gasteiger partial charge in [-0.05, 0) is 32.0 Å². The average Bonchev–Trinajstić information content (AvgIpc) is 2.88. The number of benzene rings is 1. The quantitative estimate of drug-likeness (QED) is 0.898. The van der Waals surface area contributed by atoms with Crippen LogP contribution in [-0.4, -0.2) is 54.3 Å². The SMILES string of the molecule is Cc1nc2cc(NC(=O)NCCN3CCOCC3(C)C)ccc2o1. The van der Waals surface area contributed by atoms with Crippen molar-refractivity contribution >= 4 is 22.8 Å². The maximum absolute atomic E-state index is 12.0. The zero-order chi connectivity index (χ0) is 17.2. The van der Waals surface area contributed by atoms with Crippen molar-refractivity contribution in [2.45, 2.75) is 26.3 Å². The molecule has 0 atom stereocenters. The monoisotopic (exact) mass is 332 g/mol. The molecule has 0 aliphatic carbocycles. The molecule has 0 spiro atoms. The van der Waals surface area contributed by atoms with Crippen molar-refractivity contribution in [3.05, 3.63) is 24.1 Å². The molecule has 1 fully saturated rings. The number of carbonyl (C=O) groups excluding carboxylic acids is 1. The number of urea groups is 1. The normalized spacial score (nSPS) is 17.8. The van der Waals surface area contributed by atoms with Gasteiger partial charge in [0, 0.05) is 37.8 Å². The van der Waals surface area contributed by atoms with Crippen molar-refractivity contribution < 1.29 is 13.9 Å². The first-order chi connectivity index (χ1) is 11.4. The van der Waals surface area contributed by atoms with Crippen LogP contribution in [0.15, 0.2) is 22.6 Å². The summed E-state index contributed by atoms with van der Waals surface area (Å²) >= 11 is 0. The Balaban J connectivity index is 1.49. The Labute approximate surface area is 141 Å². The highest BCUT2D eigenvalue weighted by molar-refractivity contribution is 5.91. The number of carbonyl (C=O) groups is 1. The zero-order valence-electron chi connectivity index (χ0n) is 14.4. The number of aryl methyl sites for hydroxylation is 1. The minimum atomic E-state index is -0.222. The first kappa shape index (κ1) is 16.7. The number of aromatic nitrogens is 1. The van der Waals surface area contributed by atoms with Crippen LogP contribution in [-0.2, 0) is 4.74 Å². The van der Waals surface area contributed by atoms with Crippen molar-refractivity contribution in [3.8, 4) is 0 Å². The van der Waals surface area contributed by atoms with Gasteiger partial charge in [0.1, 0.15) is 5.52 Å². The summed E-state index contributed by atoms with van der Waals surface area (Å²) in [6.07, 6.45) is 0. The van der Waals surface area contributed by atoms with E-state index in [0.717, 1.165) is 31.8 Å². The summed E-state index contributed by atoms with van der Waals surface area (Å²) in [6, 6.07) is 5.19. The Morgan fingerprint density at radius 2 is 2.25 bits per heavy atom. The highest BCUT2D eigenvalue weighted by Crippen LogP contribution is 2.20. The van der Waals surface area contributed by atoms with E-state index in [-0.39, 0.29) is 11.6 Å². The molecule has 1 aromatic heterocycles. The molecule has 2 amide bonds. The van der Waals surface area contributed by atoms with Crippen LogP contribution in [0.1, 0.15) is 19.7 Å². The van der Waals surface area contributed by atoms with Crippen LogP contribution in [0.4, 0.5) is 10.5 Å². The molecule has 2 aromatic rings. The van der Waals surface area contributed by atoms with Gasteiger partial charge in [0.2, 0.25) is 0 Å². The van der Waals surface area contributed by atoms with Gasteiger partial charge in [-0.3, -0.25) is 4.90 Å². The number of rotatable bonds is 4. The summed E-state index contributed by atoms with van der Waals surface area (Å²) in [5, 5.41) is 5.72. The van der Waals surface area contributed by atoms with Gasteiger partial charge in [-0.2, -0.15) is 0 Å². The number of ether oxygens (including phenoxy) is 1. The molecule has 3 rings (SSSR count). The topological polar surface area (TPSA) is 79.6 Å². The Morgan fingerprint density at radius 3 is 3.04 bits per heavy atom. The first-order valence-electron chi connectivity index (χ1n) is 8.19. The number of amides is 2. The molecule has 1 aliphatic rings. The fraction of sp³-hybridized carbons (Fsp3) is 0.529. The van der Waals surface area contributed by atoms with E-state index in [0.29, 0.717) is 23.7 Å². The average molecular weight is 332 g/mol. The maximum Gasteiger partial charge on any atom is 0.319 e. The highest BCUT2D eigenvalue weighted by Gasteiger charge is 2.29. The molecule has 1 saturated heterocycles. The second-order valence-electron chi connectivity index (χ2n) is 6.65. The number of morpholine rings is 1. The number of nitrogens with zero attached hydrogens (tertiary/aromatic N) is 2. The molecule has 0 bridgehead atoms. The molecule has 1 aliphatic heterocycles. The predicted octanol–water partition coefficient (Wildman–Crippen LogP) is 2.37. The molecular formula is C17H24N4O3. The maximum atomic E-state index is 12.0. The molecule has 2 N–H and O–H groups in total. The summed E-state index contributed by atoms with van der Waals surface area (Å²) in [7, 11) is 0. The van der Waals surface area contributed by atoms with Crippen LogP contribution in [0.25, 0.3) is 11.1 Å². The number of nitrogens with one attached hydrogen (secondary N) is 2. The van der Waals surface area contributed by atoms with E-state index in [1.807, 2.05) is 0 Å². The van der Waals surface area contributed by atoms with E-state index < -0.39 is 0 Å². The van der Waals surface area contributed by atoms with Gasteiger partial charge < -0.3 is 19.8 Å². The number of hydrogen-bond donors (Lipinski definition) is 2. The minimum Gasteiger partial charge on any atom is -0.441 e. The van der Waals surface area contributed by atoms with Gasteiger partial charge in [0.25, 0.3) is 0 Å². The number of oxazole rings is 1. The van der Waals surface area contributed by atoms with Crippen molar-refractivity contribution in [3.63, 3.8) is 0 Å². The molecular weight excluding hydrogens is 308 g/mol. The summed E-state index contributed by atoms with van der Waals surface area (Å²) < 4.78 is 10.9. The Morgan fingerprint density at radius 1 is 1.42 bits per heavy atom. The molecule has 24 heavy (non-hydrogen) atoms. The van der Waals surface area contributed by atoms with Gasteiger partial charge in [-0.15, -0.1) is 0 Å². The molecule has 2 heterocycles. The lowest BCUT2D eigenvalue weighted by Gasteiger charge is -2.42. The summed E-state index contributed by atoms with van der Waals surface area (Å²) in [5.74, 6) is 0.611. The smallest absolute Gasteiger partial charge is 0.319 e. The molecule has 130 valence electrons. The molecule has 7 nitrogen and oxygen atoms in total. The lowest BCUT2D eigenvalue weighted by molar-refractivity contribution is -0.0497. The fourth-order valence-corrected chi connectivity index (χ4v) is 2.91. The largest absolute Gasteiger partial charge is 0.441 e. The van der Waals surface area contributed by atoms with Gasteiger partial charge in [-0.1, -0.05) is 0 Å². The van der Waals surface area contributed by atoms with Gasteiger partial charge in [-0.25, -0.2) is 9.78 Å². The summed E-state index contributed by atoms with van der Waals surface area (Å²) in [6.45, 7) is 9.84. The molecule has 0 radical (unpaired) electrons. The highest BCUT2D eigenvalue weighted by atomic mass is 16.5. The van der Waals surface area contributed by atoms with Crippen LogP contribution in [0.3, 0.4) is 0 Å². The lowest BCUT2D eigenvalue weighted by Crippen LogP contribution is -2.54. The van der Waals surface area contributed by atoms with E-state index in [2.05, 4.69) is 34.4 Å². The zero-order valence-corrected chi connectivity index (χ0v) is 14.4. The van der Waals surface area contributed by atoms with Crippen molar-refractivity contribution in [2.75, 3.05) is 38.2 Å². The second-order valence-corrected chi connectivity index (χ2v) is 6.65. The van der Waals surface area contributed by atoms with E-state index in [1.54, 1.807) is 25.1 Å². The van der Waals surface area contributed by atoms with Crippen LogP contribution < -0.4 is 10.6 Å². The summed E-state index contributed by atoms with van der Waals surface area (Å²) in [5.41, 5.74) is 2.15. The number of fused-ring (bicyclic) bond motifs is 1. The third-order valence-electron chi connectivity index (χ3n) is 4.24. The van der Waals surface area contributed by atoms with Crippen LogP contribution >= 0.6 is 0 Å². The van der Waals surface area contributed by atoms with Crippen LogP contribution in [0.5, 0.6) is 0 Å². The van der Waals surface area contributed by atoms with Gasteiger partial charge in [0.05, 0.1) is 13.2 Å². The first-order valence-corrected chi connectivity index (χ1v) is 8.19. The van der Waals surface area contributed by atoms with Crippen molar-refractivity contribution in [1.82, 2.24) is 15.2 Å². The minimum absolute atomic E-state index is 0.00620. The number of hydrogen-bond acceptors (Lipinski definition) is 5.